The van der Waals surface area contributed by atoms with Crippen LogP contribution in [0.1, 0.15) is 36.0 Å². The Balaban J connectivity index is 2.22. The molecule has 6 heteroatoms. The zero-order valence-electron chi connectivity index (χ0n) is 9.64. The molecule has 1 aliphatic carbocycles. The van der Waals surface area contributed by atoms with Gasteiger partial charge < -0.3 is 10.4 Å². The van der Waals surface area contributed by atoms with E-state index >= 15 is 0 Å². The molecule has 0 saturated heterocycles. The maximum absolute atomic E-state index is 11.1. The summed E-state index contributed by atoms with van der Waals surface area (Å²) >= 11 is 1.39. The van der Waals surface area contributed by atoms with E-state index in [1.54, 1.807) is 6.07 Å². The lowest BCUT2D eigenvalue weighted by Gasteiger charge is -2.14. The summed E-state index contributed by atoms with van der Waals surface area (Å²) in [4.78, 5) is 11.1. The number of anilines is 1. The number of nitrogens with one attached hydrogen (secondary N) is 1. The fraction of sp³-hybridized carbons (Fsp3) is 0.545. The van der Waals surface area contributed by atoms with Gasteiger partial charge >= 0.3 is 5.97 Å². The lowest BCUT2D eigenvalue weighted by atomic mass is 10.2. The van der Waals surface area contributed by atoms with E-state index in [0.717, 1.165) is 12.8 Å². The van der Waals surface area contributed by atoms with Crippen LogP contribution in [0, 0.1) is 0 Å². The highest BCUT2D eigenvalue weighted by molar-refractivity contribution is 7.98. The highest BCUT2D eigenvalue weighted by Crippen LogP contribution is 2.24. The predicted molar refractivity (Wildman–Crippen MR) is 66.7 cm³/mol. The maximum Gasteiger partial charge on any atom is 0.339 e. The molecule has 1 heterocycles. The zero-order chi connectivity index (χ0) is 12.3. The summed E-state index contributed by atoms with van der Waals surface area (Å²) in [7, 11) is 0. The molecule has 0 bridgehead atoms. The Bertz CT molecular complexity index is 419. The number of carboxylic acid groups (broad SMARTS) is 1. The summed E-state index contributed by atoms with van der Waals surface area (Å²) in [6, 6.07) is 1.90. The minimum absolute atomic E-state index is 0.205. The first-order chi connectivity index (χ1) is 8.20. The summed E-state index contributed by atoms with van der Waals surface area (Å²) in [6.45, 7) is 0. The van der Waals surface area contributed by atoms with E-state index in [1.807, 2.05) is 6.26 Å². The van der Waals surface area contributed by atoms with Crippen molar-refractivity contribution in [2.24, 2.45) is 0 Å². The molecule has 0 spiro atoms. The van der Waals surface area contributed by atoms with Crippen molar-refractivity contribution in [3.63, 3.8) is 0 Å². The van der Waals surface area contributed by atoms with Crippen LogP contribution in [0.5, 0.6) is 0 Å². The predicted octanol–water partition coefficient (Wildman–Crippen LogP) is 2.25. The first-order valence-corrected chi connectivity index (χ1v) is 6.84. The Morgan fingerprint density at radius 3 is 2.76 bits per heavy atom. The minimum Gasteiger partial charge on any atom is -0.478 e. The molecule has 0 amide bonds. The molecule has 1 aromatic heterocycles. The van der Waals surface area contributed by atoms with E-state index in [1.165, 1.54) is 24.6 Å². The largest absolute Gasteiger partial charge is 0.478 e. The molecule has 92 valence electrons. The molecule has 0 aliphatic heterocycles. The second kappa shape index (κ2) is 5.35. The van der Waals surface area contributed by atoms with Crippen LogP contribution in [0.15, 0.2) is 11.1 Å². The van der Waals surface area contributed by atoms with Crippen molar-refractivity contribution in [2.45, 2.75) is 36.8 Å². The third kappa shape index (κ3) is 2.88. The van der Waals surface area contributed by atoms with Gasteiger partial charge in [-0.05, 0) is 25.2 Å². The van der Waals surface area contributed by atoms with Crippen molar-refractivity contribution in [1.82, 2.24) is 10.2 Å². The van der Waals surface area contributed by atoms with Crippen molar-refractivity contribution in [3.8, 4) is 0 Å². The van der Waals surface area contributed by atoms with Crippen LogP contribution in [0.25, 0.3) is 0 Å². The Kier molecular flexibility index (Phi) is 3.83. The van der Waals surface area contributed by atoms with Crippen molar-refractivity contribution in [1.29, 1.82) is 0 Å². The van der Waals surface area contributed by atoms with Gasteiger partial charge in [0.2, 0.25) is 0 Å². The average Bonchev–Trinajstić information content (AvgIpc) is 2.82. The van der Waals surface area contributed by atoms with Crippen LogP contribution in [0.4, 0.5) is 5.82 Å². The van der Waals surface area contributed by atoms with Gasteiger partial charge in [0, 0.05) is 6.04 Å². The second-order valence-electron chi connectivity index (χ2n) is 4.08. The number of nitrogens with zero attached hydrogens (tertiary/aromatic N) is 2. The summed E-state index contributed by atoms with van der Waals surface area (Å²) in [5, 5.41) is 20.9. The van der Waals surface area contributed by atoms with E-state index in [4.69, 9.17) is 5.11 Å². The van der Waals surface area contributed by atoms with Gasteiger partial charge in [-0.2, -0.15) is 0 Å². The van der Waals surface area contributed by atoms with Gasteiger partial charge in [0.1, 0.15) is 10.6 Å². The third-order valence-electron chi connectivity index (χ3n) is 2.91. The molecule has 0 atom stereocenters. The Labute approximate surface area is 104 Å². The van der Waals surface area contributed by atoms with Gasteiger partial charge in [-0.3, -0.25) is 0 Å². The standard InChI is InChI=1S/C11H15N3O2S/c1-17-9-6-8(11(15)16)10(14-13-9)12-7-4-2-3-5-7/h6-7H,2-5H2,1H3,(H,12,14)(H,15,16). The molecule has 2 N–H and O–H groups in total. The lowest BCUT2D eigenvalue weighted by Crippen LogP contribution is -2.19. The highest BCUT2D eigenvalue weighted by Gasteiger charge is 2.19. The first kappa shape index (κ1) is 12.2. The molecule has 5 nitrogen and oxygen atoms in total. The van der Waals surface area contributed by atoms with Crippen LogP contribution in [-0.2, 0) is 0 Å². The first-order valence-electron chi connectivity index (χ1n) is 5.62. The molecule has 17 heavy (non-hydrogen) atoms. The number of aromatic carboxylic acids is 1. The highest BCUT2D eigenvalue weighted by atomic mass is 32.2. The zero-order valence-corrected chi connectivity index (χ0v) is 10.5. The molecule has 1 saturated carbocycles. The van der Waals surface area contributed by atoms with Gasteiger partial charge in [-0.15, -0.1) is 22.0 Å². The molecule has 0 unspecified atom stereocenters. The topological polar surface area (TPSA) is 75.1 Å². The average molecular weight is 253 g/mol. The number of hydrogen-bond acceptors (Lipinski definition) is 5. The molecule has 2 rings (SSSR count). The van der Waals surface area contributed by atoms with Crippen molar-refractivity contribution < 1.29 is 9.90 Å². The van der Waals surface area contributed by atoms with Gasteiger partial charge in [-0.25, -0.2) is 4.79 Å². The van der Waals surface area contributed by atoms with E-state index in [2.05, 4.69) is 15.5 Å². The van der Waals surface area contributed by atoms with E-state index in [-0.39, 0.29) is 5.56 Å². The molecular formula is C11H15N3O2S. The van der Waals surface area contributed by atoms with Crippen molar-refractivity contribution >= 4 is 23.5 Å². The SMILES string of the molecule is CSc1cc(C(=O)O)c(NC2CCCC2)nn1. The van der Waals surface area contributed by atoms with Gasteiger partial charge in [-0.1, -0.05) is 12.8 Å². The van der Waals surface area contributed by atoms with Crippen LogP contribution in [0.2, 0.25) is 0 Å². The monoisotopic (exact) mass is 253 g/mol. The van der Waals surface area contributed by atoms with Crippen LogP contribution >= 0.6 is 11.8 Å². The molecular weight excluding hydrogens is 238 g/mol. The number of carbonyl (C=O) groups is 1. The van der Waals surface area contributed by atoms with Crippen LogP contribution in [-0.4, -0.2) is 33.6 Å². The quantitative estimate of drug-likeness (QED) is 0.802. The maximum atomic E-state index is 11.1. The second-order valence-corrected chi connectivity index (χ2v) is 4.91. The minimum atomic E-state index is -0.962. The molecule has 0 radical (unpaired) electrons. The van der Waals surface area contributed by atoms with Gasteiger partial charge in [0.25, 0.3) is 0 Å². The number of rotatable bonds is 4. The molecule has 1 aromatic rings. The number of aromatic nitrogens is 2. The summed E-state index contributed by atoms with van der Waals surface area (Å²) < 4.78 is 0. The van der Waals surface area contributed by atoms with Crippen LogP contribution in [0.3, 0.4) is 0 Å². The molecule has 1 aliphatic rings. The van der Waals surface area contributed by atoms with Crippen LogP contribution < -0.4 is 5.32 Å². The van der Waals surface area contributed by atoms with Gasteiger partial charge in [0.05, 0.1) is 0 Å². The Morgan fingerprint density at radius 1 is 1.47 bits per heavy atom. The number of carboxylic acids is 1. The molecule has 1 fully saturated rings. The summed E-state index contributed by atoms with van der Waals surface area (Å²) in [6.07, 6.45) is 6.38. The molecule has 0 aromatic carbocycles. The van der Waals surface area contributed by atoms with Gasteiger partial charge in [0.15, 0.2) is 5.82 Å². The smallest absolute Gasteiger partial charge is 0.339 e. The lowest BCUT2D eigenvalue weighted by molar-refractivity contribution is 0.0697. The fourth-order valence-electron chi connectivity index (χ4n) is 2.01. The Hall–Kier alpha value is -1.30. The number of thioether (sulfide) groups is 1. The normalized spacial score (nSPS) is 16.1. The summed E-state index contributed by atoms with van der Waals surface area (Å²) in [5.41, 5.74) is 0.205. The van der Waals surface area contributed by atoms with E-state index in [0.29, 0.717) is 16.9 Å². The van der Waals surface area contributed by atoms with E-state index in [9.17, 15) is 4.79 Å². The van der Waals surface area contributed by atoms with Crippen molar-refractivity contribution in [3.05, 3.63) is 11.6 Å². The van der Waals surface area contributed by atoms with E-state index < -0.39 is 5.97 Å². The third-order valence-corrected chi connectivity index (χ3v) is 3.52. The fourth-order valence-corrected chi connectivity index (χ4v) is 2.36. The number of hydrogen-bond donors (Lipinski definition) is 2. The summed E-state index contributed by atoms with van der Waals surface area (Å²) in [5.74, 6) is -0.571. The van der Waals surface area contributed by atoms with Crippen molar-refractivity contribution in [2.75, 3.05) is 11.6 Å². The Morgan fingerprint density at radius 2 is 2.18 bits per heavy atom.